The van der Waals surface area contributed by atoms with Crippen molar-refractivity contribution in [2.24, 2.45) is 0 Å². The Morgan fingerprint density at radius 2 is 1.07 bits per heavy atom. The molecule has 0 aliphatic carbocycles. The Labute approximate surface area is 335 Å². The van der Waals surface area contributed by atoms with E-state index in [2.05, 4.69) is 76.7 Å². The lowest BCUT2D eigenvalue weighted by atomic mass is 9.95. The van der Waals surface area contributed by atoms with Gasteiger partial charge in [0.1, 0.15) is 0 Å². The number of para-hydroxylation sites is 2. The normalized spacial score (nSPS) is 19.1. The number of rotatable bonds is 5. The summed E-state index contributed by atoms with van der Waals surface area (Å²) in [5.74, 6) is -0.451. The van der Waals surface area contributed by atoms with Crippen molar-refractivity contribution in [2.45, 2.75) is 57.1 Å². The van der Waals surface area contributed by atoms with E-state index in [1.807, 2.05) is 66.7 Å². The molecule has 6 heterocycles. The molecule has 1 atom stereocenters. The van der Waals surface area contributed by atoms with Gasteiger partial charge in [-0.3, -0.25) is 9.69 Å². The second-order valence-corrected chi connectivity index (χ2v) is 15.2. The van der Waals surface area contributed by atoms with E-state index in [0.717, 1.165) is 123 Å². The van der Waals surface area contributed by atoms with E-state index < -0.39 is 0 Å². The molecule has 4 aliphatic rings. The minimum atomic E-state index is -0.328. The van der Waals surface area contributed by atoms with Gasteiger partial charge in [0.2, 0.25) is 0 Å². The van der Waals surface area contributed by atoms with Gasteiger partial charge in [-0.1, -0.05) is 97.1 Å². The summed E-state index contributed by atoms with van der Waals surface area (Å²) in [7, 11) is 0. The van der Waals surface area contributed by atoms with Gasteiger partial charge < -0.3 is 24.3 Å². The SMILES string of the molecule is C1CC2(CCN1)OCCO2.CC(=O)c1cc(-c2ccccc2)nc2ccccc12.CC(c1cc(-c2ccccc2)nc2ccccc12)N1CCC2(CC1)OCCO2. The largest absolute Gasteiger partial charge is 0.347 e. The number of aromatic nitrogens is 2. The molecular weight excluding hydrogens is 713 g/mol. The van der Waals surface area contributed by atoms with E-state index in [-0.39, 0.29) is 17.4 Å². The van der Waals surface area contributed by atoms with Gasteiger partial charge in [0.25, 0.3) is 0 Å². The van der Waals surface area contributed by atoms with Crippen LogP contribution in [-0.4, -0.2) is 84.8 Å². The molecule has 4 aromatic carbocycles. The molecule has 4 aliphatic heterocycles. The molecule has 4 fully saturated rings. The number of piperidine rings is 2. The number of benzene rings is 4. The Kier molecular flexibility index (Phi) is 12.1. The van der Waals surface area contributed by atoms with Crippen LogP contribution in [0.3, 0.4) is 0 Å². The van der Waals surface area contributed by atoms with Crippen molar-refractivity contribution in [1.29, 1.82) is 0 Å². The van der Waals surface area contributed by atoms with E-state index in [1.165, 1.54) is 10.9 Å². The highest BCUT2D eigenvalue weighted by atomic mass is 16.7. The summed E-state index contributed by atoms with van der Waals surface area (Å²) in [5.41, 5.74) is 8.04. The van der Waals surface area contributed by atoms with Crippen molar-refractivity contribution < 1.29 is 23.7 Å². The maximum absolute atomic E-state index is 11.8. The summed E-state index contributed by atoms with van der Waals surface area (Å²) in [6.45, 7) is 10.9. The van der Waals surface area contributed by atoms with Gasteiger partial charge in [-0.25, -0.2) is 9.97 Å². The number of ketones is 1. The molecule has 9 heteroatoms. The number of carbonyl (C=O) groups is 1. The molecule has 0 bridgehead atoms. The fourth-order valence-electron chi connectivity index (χ4n) is 8.36. The lowest BCUT2D eigenvalue weighted by Crippen LogP contribution is -2.45. The maximum atomic E-state index is 11.8. The fraction of sp³-hybridized carbons (Fsp3) is 0.354. The highest BCUT2D eigenvalue weighted by molar-refractivity contribution is 6.07. The van der Waals surface area contributed by atoms with E-state index in [4.69, 9.17) is 23.9 Å². The summed E-state index contributed by atoms with van der Waals surface area (Å²) in [6, 6.07) is 41.0. The molecule has 10 rings (SSSR count). The maximum Gasteiger partial charge on any atom is 0.170 e. The summed E-state index contributed by atoms with van der Waals surface area (Å²) in [4.78, 5) is 23.9. The van der Waals surface area contributed by atoms with E-state index >= 15 is 0 Å². The standard InChI is InChI=1S/C24H26N2O2.C17H13NO.C7H13NO2/c1-18(26-13-11-24(12-14-26)27-15-16-28-24)21-17-23(19-7-3-2-4-8-19)25-22-10-6-5-9-20(21)22;1-12(19)15-11-17(13-7-3-2-4-8-13)18-16-10-6-5-9-14(15)16;1-3-8-4-2-7(1)9-5-6-10-7/h2-10,17-18H,11-16H2,1H3;2-11H,1H3;8H,1-6H2. The Morgan fingerprint density at radius 1 is 0.614 bits per heavy atom. The first kappa shape index (κ1) is 39.0. The molecule has 1 N–H and O–H groups in total. The lowest BCUT2D eigenvalue weighted by molar-refractivity contribution is -0.187. The predicted molar refractivity (Wildman–Crippen MR) is 225 cm³/mol. The molecule has 6 aromatic rings. The average molecular weight is 765 g/mol. The zero-order valence-corrected chi connectivity index (χ0v) is 33.0. The van der Waals surface area contributed by atoms with E-state index in [1.54, 1.807) is 6.92 Å². The summed E-state index contributed by atoms with van der Waals surface area (Å²) < 4.78 is 22.8. The smallest absolute Gasteiger partial charge is 0.170 e. The van der Waals surface area contributed by atoms with Crippen molar-refractivity contribution in [2.75, 3.05) is 52.6 Å². The number of hydrogen-bond acceptors (Lipinski definition) is 9. The Bertz CT molecular complexity index is 2250. The van der Waals surface area contributed by atoms with Crippen LogP contribution in [0, 0.1) is 0 Å². The number of nitrogens with zero attached hydrogens (tertiary/aromatic N) is 3. The zero-order chi connectivity index (χ0) is 39.1. The molecule has 4 saturated heterocycles. The van der Waals surface area contributed by atoms with Crippen LogP contribution in [0.2, 0.25) is 0 Å². The summed E-state index contributed by atoms with van der Waals surface area (Å²) >= 11 is 0. The molecule has 0 saturated carbocycles. The molecule has 1 unspecified atom stereocenters. The molecule has 9 nitrogen and oxygen atoms in total. The fourth-order valence-corrected chi connectivity index (χ4v) is 8.36. The van der Waals surface area contributed by atoms with Gasteiger partial charge in [-0.05, 0) is 43.7 Å². The summed E-state index contributed by atoms with van der Waals surface area (Å²) in [6.07, 6.45) is 3.89. The van der Waals surface area contributed by atoms with Gasteiger partial charge in [0, 0.05) is 85.4 Å². The third kappa shape index (κ3) is 9.00. The highest BCUT2D eigenvalue weighted by Crippen LogP contribution is 2.37. The highest BCUT2D eigenvalue weighted by Gasteiger charge is 2.41. The van der Waals surface area contributed by atoms with Crippen LogP contribution >= 0.6 is 0 Å². The monoisotopic (exact) mass is 764 g/mol. The molecule has 0 radical (unpaired) electrons. The Balaban J connectivity index is 0.000000134. The first-order valence-corrected chi connectivity index (χ1v) is 20.3. The van der Waals surface area contributed by atoms with Gasteiger partial charge in [-0.15, -0.1) is 0 Å². The van der Waals surface area contributed by atoms with Crippen molar-refractivity contribution in [3.05, 3.63) is 132 Å². The quantitative estimate of drug-likeness (QED) is 0.173. The number of ether oxygens (including phenoxy) is 4. The van der Waals surface area contributed by atoms with Crippen LogP contribution in [0.4, 0.5) is 0 Å². The summed E-state index contributed by atoms with van der Waals surface area (Å²) in [5, 5.41) is 5.43. The van der Waals surface area contributed by atoms with Crippen LogP contribution in [0.25, 0.3) is 44.3 Å². The minimum absolute atomic E-state index is 0.0655. The average Bonchev–Trinajstić information content (AvgIpc) is 3.93. The predicted octanol–water partition coefficient (Wildman–Crippen LogP) is 9.02. The third-order valence-corrected chi connectivity index (χ3v) is 11.5. The van der Waals surface area contributed by atoms with Crippen molar-refractivity contribution in [3.63, 3.8) is 0 Å². The van der Waals surface area contributed by atoms with Crippen molar-refractivity contribution >= 4 is 27.6 Å². The second-order valence-electron chi connectivity index (χ2n) is 15.2. The Morgan fingerprint density at radius 3 is 1.61 bits per heavy atom. The number of likely N-dealkylation sites (tertiary alicyclic amines) is 1. The van der Waals surface area contributed by atoms with Crippen LogP contribution < -0.4 is 5.32 Å². The topological polar surface area (TPSA) is 95.0 Å². The van der Waals surface area contributed by atoms with Crippen LogP contribution in [0.5, 0.6) is 0 Å². The van der Waals surface area contributed by atoms with Crippen LogP contribution in [-0.2, 0) is 18.9 Å². The van der Waals surface area contributed by atoms with Crippen molar-refractivity contribution in [1.82, 2.24) is 20.2 Å². The van der Waals surface area contributed by atoms with Crippen molar-refractivity contribution in [3.8, 4) is 22.5 Å². The first-order valence-electron chi connectivity index (χ1n) is 20.3. The Hall–Kier alpha value is -4.87. The van der Waals surface area contributed by atoms with Gasteiger partial charge >= 0.3 is 0 Å². The van der Waals surface area contributed by atoms with E-state index in [9.17, 15) is 4.79 Å². The van der Waals surface area contributed by atoms with Crippen LogP contribution in [0.15, 0.2) is 121 Å². The second kappa shape index (κ2) is 17.7. The number of Topliss-reactive ketones (excluding diaryl/α,β-unsaturated/α-hetero) is 1. The number of nitrogens with one attached hydrogen (secondary N) is 1. The van der Waals surface area contributed by atoms with Gasteiger partial charge in [0.15, 0.2) is 17.4 Å². The molecule has 57 heavy (non-hydrogen) atoms. The molecule has 294 valence electrons. The van der Waals surface area contributed by atoms with Crippen LogP contribution in [0.1, 0.15) is 61.5 Å². The number of carbonyl (C=O) groups excluding carboxylic acids is 1. The van der Waals surface area contributed by atoms with Gasteiger partial charge in [0.05, 0.1) is 48.8 Å². The molecule has 0 amide bonds. The molecule has 2 spiro atoms. The zero-order valence-electron chi connectivity index (χ0n) is 33.0. The number of hydrogen-bond donors (Lipinski definition) is 1. The third-order valence-electron chi connectivity index (χ3n) is 11.5. The minimum Gasteiger partial charge on any atom is -0.347 e. The first-order chi connectivity index (χ1) is 27.9. The number of fused-ring (bicyclic) bond motifs is 2. The molecule has 2 aromatic heterocycles. The van der Waals surface area contributed by atoms with E-state index in [0.29, 0.717) is 6.04 Å². The molecular formula is C48H52N4O5. The van der Waals surface area contributed by atoms with Gasteiger partial charge in [-0.2, -0.15) is 0 Å². The lowest BCUT2D eigenvalue weighted by Gasteiger charge is -2.40. The number of pyridine rings is 2.